The fourth-order valence-corrected chi connectivity index (χ4v) is 1.15. The summed E-state index contributed by atoms with van der Waals surface area (Å²) in [6.07, 6.45) is -0.814. The Balaban J connectivity index is 4.00. The molecule has 0 unspecified atom stereocenters. The Morgan fingerprint density at radius 2 is 1.92 bits per heavy atom. The van der Waals surface area contributed by atoms with Crippen LogP contribution in [0.3, 0.4) is 0 Å². The SMILES string of the molecule is CCOC(=O)CC(Cl)(Cl)CC(=O)O. The number of ether oxygens (including phenoxy) is 1. The molecule has 0 aromatic carbocycles. The monoisotopic (exact) mass is 228 g/mol. The summed E-state index contributed by atoms with van der Waals surface area (Å²) in [5.41, 5.74) is 0. The molecule has 0 bridgehead atoms. The number of hydrogen-bond acceptors (Lipinski definition) is 3. The van der Waals surface area contributed by atoms with Gasteiger partial charge in [0, 0.05) is 0 Å². The van der Waals surface area contributed by atoms with E-state index in [0.717, 1.165) is 0 Å². The van der Waals surface area contributed by atoms with Crippen molar-refractivity contribution >= 4 is 35.1 Å². The Bertz CT molecular complexity index is 203. The van der Waals surface area contributed by atoms with Gasteiger partial charge in [0.1, 0.15) is 4.33 Å². The first kappa shape index (κ1) is 12.5. The van der Waals surface area contributed by atoms with E-state index in [1.165, 1.54) is 0 Å². The highest BCUT2D eigenvalue weighted by molar-refractivity contribution is 6.49. The van der Waals surface area contributed by atoms with Crippen LogP contribution >= 0.6 is 23.2 Å². The van der Waals surface area contributed by atoms with E-state index in [2.05, 4.69) is 4.74 Å². The average Bonchev–Trinajstić information content (AvgIpc) is 1.81. The van der Waals surface area contributed by atoms with Gasteiger partial charge in [0.2, 0.25) is 0 Å². The summed E-state index contributed by atoms with van der Waals surface area (Å²) < 4.78 is 2.97. The highest BCUT2D eigenvalue weighted by Crippen LogP contribution is 2.29. The zero-order chi connectivity index (χ0) is 10.5. The van der Waals surface area contributed by atoms with E-state index in [1.807, 2.05) is 0 Å². The van der Waals surface area contributed by atoms with Gasteiger partial charge in [0.15, 0.2) is 0 Å². The largest absolute Gasteiger partial charge is 0.481 e. The van der Waals surface area contributed by atoms with Gasteiger partial charge in [-0.15, -0.1) is 23.2 Å². The number of esters is 1. The molecule has 0 radical (unpaired) electrons. The predicted molar refractivity (Wildman–Crippen MR) is 47.9 cm³/mol. The zero-order valence-electron chi connectivity index (χ0n) is 7.05. The van der Waals surface area contributed by atoms with Crippen molar-refractivity contribution in [1.29, 1.82) is 0 Å². The molecule has 0 aliphatic heterocycles. The molecule has 0 saturated carbocycles. The third-order valence-corrected chi connectivity index (χ3v) is 1.65. The lowest BCUT2D eigenvalue weighted by Gasteiger charge is -2.15. The molecule has 1 N–H and O–H groups in total. The fourth-order valence-electron chi connectivity index (χ4n) is 0.707. The van der Waals surface area contributed by atoms with Crippen LogP contribution in [0.2, 0.25) is 0 Å². The molecule has 0 fully saturated rings. The van der Waals surface area contributed by atoms with Crippen molar-refractivity contribution < 1.29 is 19.4 Å². The van der Waals surface area contributed by atoms with Crippen LogP contribution in [0.15, 0.2) is 0 Å². The summed E-state index contributed by atoms with van der Waals surface area (Å²) in [6.45, 7) is 1.86. The molecule has 0 aliphatic rings. The number of carbonyl (C=O) groups excluding carboxylic acids is 1. The third kappa shape index (κ3) is 6.66. The summed E-state index contributed by atoms with van der Waals surface area (Å²) >= 11 is 11.1. The van der Waals surface area contributed by atoms with E-state index in [-0.39, 0.29) is 13.0 Å². The number of carboxylic acids is 1. The minimum Gasteiger partial charge on any atom is -0.481 e. The molecule has 0 amide bonds. The standard InChI is InChI=1S/C7H10Cl2O4/c1-2-13-6(12)4-7(8,9)3-5(10)11/h2-4H2,1H3,(H,10,11). The molecule has 0 heterocycles. The van der Waals surface area contributed by atoms with Crippen molar-refractivity contribution in [2.24, 2.45) is 0 Å². The Morgan fingerprint density at radius 1 is 1.38 bits per heavy atom. The Kier molecular flexibility index (Phi) is 5.10. The summed E-state index contributed by atoms with van der Waals surface area (Å²) in [6, 6.07) is 0. The molecule has 0 aromatic heterocycles. The molecule has 0 aliphatic carbocycles. The van der Waals surface area contributed by atoms with E-state index in [1.54, 1.807) is 6.92 Å². The molecular formula is C7H10Cl2O4. The second-order valence-electron chi connectivity index (χ2n) is 2.41. The number of halogens is 2. The quantitative estimate of drug-likeness (QED) is 0.574. The van der Waals surface area contributed by atoms with Crippen molar-refractivity contribution in [1.82, 2.24) is 0 Å². The first-order chi connectivity index (χ1) is 5.87. The van der Waals surface area contributed by atoms with Crippen LogP contribution in [-0.2, 0) is 14.3 Å². The first-order valence-electron chi connectivity index (χ1n) is 3.62. The maximum Gasteiger partial charge on any atom is 0.308 e. The van der Waals surface area contributed by atoms with Crippen LogP contribution in [0.1, 0.15) is 19.8 Å². The molecule has 0 spiro atoms. The summed E-state index contributed by atoms with van der Waals surface area (Å²) in [7, 11) is 0. The van der Waals surface area contributed by atoms with Crippen LogP contribution in [0.4, 0.5) is 0 Å². The van der Waals surface area contributed by atoms with E-state index in [9.17, 15) is 9.59 Å². The van der Waals surface area contributed by atoms with E-state index >= 15 is 0 Å². The van der Waals surface area contributed by atoms with E-state index in [0.29, 0.717) is 0 Å². The zero-order valence-corrected chi connectivity index (χ0v) is 8.56. The van der Waals surface area contributed by atoms with Crippen LogP contribution in [-0.4, -0.2) is 28.0 Å². The van der Waals surface area contributed by atoms with E-state index in [4.69, 9.17) is 28.3 Å². The molecule has 0 rings (SSSR count). The van der Waals surface area contributed by atoms with Gasteiger partial charge in [-0.05, 0) is 6.92 Å². The lowest BCUT2D eigenvalue weighted by atomic mass is 10.2. The maximum atomic E-state index is 10.9. The van der Waals surface area contributed by atoms with Crippen LogP contribution < -0.4 is 0 Å². The van der Waals surface area contributed by atoms with Gasteiger partial charge in [-0.2, -0.15) is 0 Å². The third-order valence-electron chi connectivity index (χ3n) is 1.12. The molecule has 0 atom stereocenters. The van der Waals surface area contributed by atoms with Crippen molar-refractivity contribution in [2.75, 3.05) is 6.61 Å². The summed E-state index contributed by atoms with van der Waals surface area (Å²) in [5.74, 6) is -1.76. The van der Waals surface area contributed by atoms with Gasteiger partial charge in [-0.1, -0.05) is 0 Å². The van der Waals surface area contributed by atoms with Gasteiger partial charge < -0.3 is 9.84 Å². The highest BCUT2D eigenvalue weighted by Gasteiger charge is 2.31. The van der Waals surface area contributed by atoms with Gasteiger partial charge in [0.25, 0.3) is 0 Å². The minimum absolute atomic E-state index is 0.218. The highest BCUT2D eigenvalue weighted by atomic mass is 35.5. The van der Waals surface area contributed by atoms with Crippen molar-refractivity contribution in [2.45, 2.75) is 24.1 Å². The second kappa shape index (κ2) is 5.29. The molecule has 4 nitrogen and oxygen atoms in total. The lowest BCUT2D eigenvalue weighted by molar-refractivity contribution is -0.143. The summed E-state index contributed by atoms with van der Waals surface area (Å²) in [5, 5.41) is 8.37. The van der Waals surface area contributed by atoms with Crippen LogP contribution in [0.25, 0.3) is 0 Å². The molecule has 6 heteroatoms. The Morgan fingerprint density at radius 3 is 2.31 bits per heavy atom. The number of hydrogen-bond donors (Lipinski definition) is 1. The molecule has 76 valence electrons. The Hall–Kier alpha value is -0.480. The van der Waals surface area contributed by atoms with E-state index < -0.39 is 22.7 Å². The van der Waals surface area contributed by atoms with Crippen LogP contribution in [0, 0.1) is 0 Å². The average molecular weight is 229 g/mol. The number of aliphatic carboxylic acids is 1. The first-order valence-corrected chi connectivity index (χ1v) is 4.38. The Labute approximate surface area is 85.8 Å². The molecule has 0 aromatic rings. The lowest BCUT2D eigenvalue weighted by Crippen LogP contribution is -2.23. The fraction of sp³-hybridized carbons (Fsp3) is 0.714. The topological polar surface area (TPSA) is 63.6 Å². The van der Waals surface area contributed by atoms with Gasteiger partial charge in [-0.3, -0.25) is 9.59 Å². The van der Waals surface area contributed by atoms with Crippen molar-refractivity contribution in [3.63, 3.8) is 0 Å². The minimum atomic E-state index is -1.59. The van der Waals surface area contributed by atoms with Gasteiger partial charge >= 0.3 is 11.9 Å². The molecule has 0 saturated heterocycles. The number of alkyl halides is 2. The maximum absolute atomic E-state index is 10.9. The smallest absolute Gasteiger partial charge is 0.308 e. The summed E-state index contributed by atoms with van der Waals surface area (Å²) in [4.78, 5) is 21.1. The number of carboxylic acid groups (broad SMARTS) is 1. The number of rotatable bonds is 5. The van der Waals surface area contributed by atoms with Crippen LogP contribution in [0.5, 0.6) is 0 Å². The van der Waals surface area contributed by atoms with Gasteiger partial charge in [-0.25, -0.2) is 0 Å². The number of carbonyl (C=O) groups is 2. The normalized spacial score (nSPS) is 11.0. The second-order valence-corrected chi connectivity index (χ2v) is 4.05. The van der Waals surface area contributed by atoms with Crippen molar-refractivity contribution in [3.8, 4) is 0 Å². The van der Waals surface area contributed by atoms with Gasteiger partial charge in [0.05, 0.1) is 19.4 Å². The molecular weight excluding hydrogens is 219 g/mol. The predicted octanol–water partition coefficient (Wildman–Crippen LogP) is 1.59. The van der Waals surface area contributed by atoms with Crippen molar-refractivity contribution in [3.05, 3.63) is 0 Å². The molecule has 13 heavy (non-hydrogen) atoms.